The fourth-order valence-corrected chi connectivity index (χ4v) is 2.73. The van der Waals surface area contributed by atoms with Gasteiger partial charge in [0, 0.05) is 18.3 Å². The molecule has 8 heteroatoms. The number of hydrogen-bond acceptors (Lipinski definition) is 5. The van der Waals surface area contributed by atoms with Crippen LogP contribution >= 0.6 is 0 Å². The fourth-order valence-electron chi connectivity index (χ4n) is 2.73. The third-order valence-corrected chi connectivity index (χ3v) is 4.32. The lowest BCUT2D eigenvalue weighted by Gasteiger charge is -2.09. The van der Waals surface area contributed by atoms with Crippen molar-refractivity contribution in [3.05, 3.63) is 88.3 Å². The molecule has 0 fully saturated rings. The Bertz CT molecular complexity index is 1060. The predicted octanol–water partition coefficient (Wildman–Crippen LogP) is 1.86. The molecule has 0 aliphatic heterocycles. The SMILES string of the molecule is COc1ccc(CCNC(=O)Cn2nc(C(=O)Nc3ccccc3)ccc2=O)cc1. The minimum atomic E-state index is -0.463. The van der Waals surface area contributed by atoms with Crippen LogP contribution in [-0.2, 0) is 17.8 Å². The van der Waals surface area contributed by atoms with E-state index in [-0.39, 0.29) is 18.1 Å². The van der Waals surface area contributed by atoms with Crippen LogP contribution in [0.15, 0.2) is 71.5 Å². The minimum Gasteiger partial charge on any atom is -0.497 e. The monoisotopic (exact) mass is 406 g/mol. The van der Waals surface area contributed by atoms with Gasteiger partial charge in [-0.1, -0.05) is 30.3 Å². The van der Waals surface area contributed by atoms with Gasteiger partial charge < -0.3 is 15.4 Å². The number of aromatic nitrogens is 2. The maximum absolute atomic E-state index is 12.3. The number of ether oxygens (including phenoxy) is 1. The molecule has 0 saturated carbocycles. The molecule has 0 spiro atoms. The summed E-state index contributed by atoms with van der Waals surface area (Å²) in [6.07, 6.45) is 0.636. The van der Waals surface area contributed by atoms with Crippen LogP contribution in [0.1, 0.15) is 16.1 Å². The first-order valence-corrected chi connectivity index (χ1v) is 9.39. The number of methoxy groups -OCH3 is 1. The van der Waals surface area contributed by atoms with Crippen LogP contribution in [0.5, 0.6) is 5.75 Å². The molecule has 0 bridgehead atoms. The molecular weight excluding hydrogens is 384 g/mol. The van der Waals surface area contributed by atoms with Crippen molar-refractivity contribution in [2.24, 2.45) is 0 Å². The molecule has 8 nitrogen and oxygen atoms in total. The van der Waals surface area contributed by atoms with E-state index in [1.807, 2.05) is 30.3 Å². The van der Waals surface area contributed by atoms with Crippen molar-refractivity contribution >= 4 is 17.5 Å². The highest BCUT2D eigenvalue weighted by Gasteiger charge is 2.12. The number of nitrogens with zero attached hydrogens (tertiary/aromatic N) is 2. The molecule has 0 unspecified atom stereocenters. The third kappa shape index (κ3) is 5.78. The largest absolute Gasteiger partial charge is 0.497 e. The number of nitrogens with one attached hydrogen (secondary N) is 2. The summed E-state index contributed by atoms with van der Waals surface area (Å²) < 4.78 is 6.09. The average Bonchev–Trinajstić information content (AvgIpc) is 2.76. The molecule has 2 aromatic carbocycles. The van der Waals surface area contributed by atoms with E-state index in [0.717, 1.165) is 16.0 Å². The first kappa shape index (κ1) is 20.8. The maximum Gasteiger partial charge on any atom is 0.276 e. The van der Waals surface area contributed by atoms with Crippen LogP contribution in [0.25, 0.3) is 0 Å². The summed E-state index contributed by atoms with van der Waals surface area (Å²) in [6, 6.07) is 19.0. The second kappa shape index (κ2) is 10.0. The molecule has 154 valence electrons. The van der Waals surface area contributed by atoms with E-state index in [0.29, 0.717) is 18.7 Å². The molecule has 0 aliphatic rings. The van der Waals surface area contributed by atoms with Crippen LogP contribution in [0.4, 0.5) is 5.69 Å². The number of hydrogen-bond donors (Lipinski definition) is 2. The van der Waals surface area contributed by atoms with Crippen LogP contribution < -0.4 is 20.9 Å². The Balaban J connectivity index is 1.55. The van der Waals surface area contributed by atoms with Gasteiger partial charge >= 0.3 is 0 Å². The second-order valence-electron chi connectivity index (χ2n) is 6.48. The summed E-state index contributed by atoms with van der Waals surface area (Å²) in [5.41, 5.74) is 1.24. The molecule has 3 rings (SSSR count). The van der Waals surface area contributed by atoms with Gasteiger partial charge in [-0.3, -0.25) is 14.4 Å². The predicted molar refractivity (Wildman–Crippen MR) is 113 cm³/mol. The van der Waals surface area contributed by atoms with Gasteiger partial charge in [-0.2, -0.15) is 5.10 Å². The number of benzene rings is 2. The quantitative estimate of drug-likeness (QED) is 0.595. The van der Waals surface area contributed by atoms with Gasteiger partial charge in [-0.05, 0) is 42.3 Å². The molecule has 0 saturated heterocycles. The lowest BCUT2D eigenvalue weighted by Crippen LogP contribution is -2.35. The van der Waals surface area contributed by atoms with Crippen molar-refractivity contribution in [1.82, 2.24) is 15.1 Å². The zero-order chi connectivity index (χ0) is 21.3. The topological polar surface area (TPSA) is 102 Å². The van der Waals surface area contributed by atoms with Crippen molar-refractivity contribution in [3.8, 4) is 5.75 Å². The Morgan fingerprint density at radius 2 is 1.73 bits per heavy atom. The summed E-state index contributed by atoms with van der Waals surface area (Å²) in [6.45, 7) is 0.141. The molecule has 1 aromatic heterocycles. The normalized spacial score (nSPS) is 10.3. The van der Waals surface area contributed by atoms with E-state index in [9.17, 15) is 14.4 Å². The van der Waals surface area contributed by atoms with Gasteiger partial charge in [0.05, 0.1) is 7.11 Å². The van der Waals surface area contributed by atoms with Crippen LogP contribution in [-0.4, -0.2) is 35.2 Å². The van der Waals surface area contributed by atoms with E-state index < -0.39 is 11.5 Å². The van der Waals surface area contributed by atoms with Gasteiger partial charge in [0.25, 0.3) is 11.5 Å². The summed E-state index contributed by atoms with van der Waals surface area (Å²) >= 11 is 0. The highest BCUT2D eigenvalue weighted by Crippen LogP contribution is 2.11. The maximum atomic E-state index is 12.3. The molecule has 0 aliphatic carbocycles. The first-order chi connectivity index (χ1) is 14.5. The number of carbonyl (C=O) groups is 2. The van der Waals surface area contributed by atoms with Gasteiger partial charge in [0.1, 0.15) is 18.0 Å². The van der Waals surface area contributed by atoms with E-state index in [1.54, 1.807) is 31.4 Å². The van der Waals surface area contributed by atoms with Crippen molar-refractivity contribution in [2.45, 2.75) is 13.0 Å². The number of carbonyl (C=O) groups excluding carboxylic acids is 2. The Morgan fingerprint density at radius 1 is 1.00 bits per heavy atom. The lowest BCUT2D eigenvalue weighted by atomic mass is 10.1. The molecule has 30 heavy (non-hydrogen) atoms. The molecule has 0 radical (unpaired) electrons. The van der Waals surface area contributed by atoms with Gasteiger partial charge in [0.2, 0.25) is 5.91 Å². The van der Waals surface area contributed by atoms with Gasteiger partial charge in [-0.15, -0.1) is 0 Å². The van der Waals surface area contributed by atoms with Crippen molar-refractivity contribution in [3.63, 3.8) is 0 Å². The summed E-state index contributed by atoms with van der Waals surface area (Å²) in [7, 11) is 1.60. The number of rotatable bonds is 8. The highest BCUT2D eigenvalue weighted by molar-refractivity contribution is 6.02. The Morgan fingerprint density at radius 3 is 2.43 bits per heavy atom. The van der Waals surface area contributed by atoms with Crippen molar-refractivity contribution < 1.29 is 14.3 Å². The second-order valence-corrected chi connectivity index (χ2v) is 6.48. The Hall–Kier alpha value is -3.94. The molecular formula is C22H22N4O4. The third-order valence-electron chi connectivity index (χ3n) is 4.32. The van der Waals surface area contributed by atoms with E-state index in [1.165, 1.54) is 12.1 Å². The standard InChI is InChI=1S/C22H22N4O4/c1-30-18-9-7-16(8-10-18)13-14-23-20(27)15-26-21(28)12-11-19(25-26)22(29)24-17-5-3-2-4-6-17/h2-12H,13-15H2,1H3,(H,23,27)(H,24,29). The molecule has 2 N–H and O–H groups in total. The summed E-state index contributed by atoms with van der Waals surface area (Å²) in [5, 5.41) is 9.46. The van der Waals surface area contributed by atoms with Crippen molar-refractivity contribution in [1.29, 1.82) is 0 Å². The smallest absolute Gasteiger partial charge is 0.276 e. The van der Waals surface area contributed by atoms with E-state index in [4.69, 9.17) is 4.74 Å². The lowest BCUT2D eigenvalue weighted by molar-refractivity contribution is -0.121. The fraction of sp³-hybridized carbons (Fsp3) is 0.182. The van der Waals surface area contributed by atoms with Crippen LogP contribution in [0, 0.1) is 0 Å². The van der Waals surface area contributed by atoms with Crippen LogP contribution in [0.2, 0.25) is 0 Å². The van der Waals surface area contributed by atoms with E-state index >= 15 is 0 Å². The van der Waals surface area contributed by atoms with Gasteiger partial charge in [0.15, 0.2) is 0 Å². The first-order valence-electron chi connectivity index (χ1n) is 9.39. The van der Waals surface area contributed by atoms with Crippen LogP contribution in [0.3, 0.4) is 0 Å². The zero-order valence-corrected chi connectivity index (χ0v) is 16.5. The number of amides is 2. The van der Waals surface area contributed by atoms with Crippen molar-refractivity contribution in [2.75, 3.05) is 19.0 Å². The molecule has 1 heterocycles. The zero-order valence-electron chi connectivity index (χ0n) is 16.5. The molecule has 3 aromatic rings. The molecule has 2 amide bonds. The number of anilines is 1. The number of para-hydroxylation sites is 1. The summed E-state index contributed by atoms with van der Waals surface area (Å²) in [5.74, 6) is -0.0574. The Labute approximate surface area is 173 Å². The minimum absolute atomic E-state index is 0.0458. The van der Waals surface area contributed by atoms with E-state index in [2.05, 4.69) is 15.7 Å². The molecule has 0 atom stereocenters. The Kier molecular flexibility index (Phi) is 6.94. The van der Waals surface area contributed by atoms with Gasteiger partial charge in [-0.25, -0.2) is 4.68 Å². The highest BCUT2D eigenvalue weighted by atomic mass is 16.5. The average molecular weight is 406 g/mol. The summed E-state index contributed by atoms with van der Waals surface area (Å²) in [4.78, 5) is 36.6.